The van der Waals surface area contributed by atoms with Crippen molar-refractivity contribution in [2.24, 2.45) is 5.92 Å². The van der Waals surface area contributed by atoms with Crippen LogP contribution in [-0.4, -0.2) is 5.60 Å². The normalized spacial score (nSPS) is 19.9. The Bertz CT molecular complexity index is 398. The molecule has 112 valence electrons. The van der Waals surface area contributed by atoms with Gasteiger partial charge in [-0.1, -0.05) is 46.2 Å². The van der Waals surface area contributed by atoms with Crippen LogP contribution in [0.4, 0.5) is 0 Å². The lowest BCUT2D eigenvalue weighted by Gasteiger charge is -2.41. The third-order valence-electron chi connectivity index (χ3n) is 5.13. The van der Waals surface area contributed by atoms with E-state index in [1.807, 2.05) is 0 Å². The molecule has 1 fully saturated rings. The average Bonchev–Trinajstić information content (AvgIpc) is 2.48. The molecule has 1 nitrogen and oxygen atoms in total. The summed E-state index contributed by atoms with van der Waals surface area (Å²) in [5, 5.41) is 0. The van der Waals surface area contributed by atoms with Gasteiger partial charge in [-0.2, -0.15) is 0 Å². The van der Waals surface area contributed by atoms with E-state index in [2.05, 4.69) is 52.0 Å². The Hall–Kier alpha value is -0.980. The van der Waals surface area contributed by atoms with E-state index in [-0.39, 0.29) is 5.60 Å². The van der Waals surface area contributed by atoms with Crippen LogP contribution in [0.2, 0.25) is 0 Å². The Labute approximate surface area is 124 Å². The maximum Gasteiger partial charge on any atom is 0.120 e. The largest absolute Gasteiger partial charge is 0.487 e. The Morgan fingerprint density at radius 2 is 1.60 bits per heavy atom. The lowest BCUT2D eigenvalue weighted by Crippen LogP contribution is -2.43. The fourth-order valence-electron chi connectivity index (χ4n) is 3.28. The number of hydrogen-bond acceptors (Lipinski definition) is 1. The van der Waals surface area contributed by atoms with E-state index in [1.165, 1.54) is 44.1 Å². The quantitative estimate of drug-likeness (QED) is 0.646. The zero-order chi connectivity index (χ0) is 14.6. The van der Waals surface area contributed by atoms with Crippen LogP contribution in [0.5, 0.6) is 5.75 Å². The van der Waals surface area contributed by atoms with Gasteiger partial charge in [-0.15, -0.1) is 0 Å². The molecule has 1 saturated carbocycles. The average molecular weight is 274 g/mol. The van der Waals surface area contributed by atoms with Crippen LogP contribution in [0.25, 0.3) is 0 Å². The fraction of sp³-hybridized carbons (Fsp3) is 0.684. The molecule has 0 saturated heterocycles. The van der Waals surface area contributed by atoms with Gasteiger partial charge in [0.2, 0.25) is 0 Å². The molecule has 0 heterocycles. The van der Waals surface area contributed by atoms with E-state index in [0.29, 0.717) is 11.8 Å². The second-order valence-corrected chi connectivity index (χ2v) is 6.76. The molecule has 1 heteroatoms. The second kappa shape index (κ2) is 6.65. The molecule has 1 unspecified atom stereocenters. The smallest absolute Gasteiger partial charge is 0.120 e. The zero-order valence-corrected chi connectivity index (χ0v) is 13.6. The van der Waals surface area contributed by atoms with Crippen LogP contribution in [0, 0.1) is 5.92 Å². The Kier molecular flexibility index (Phi) is 5.12. The molecule has 1 aliphatic rings. The number of hydrogen-bond donors (Lipinski definition) is 0. The summed E-state index contributed by atoms with van der Waals surface area (Å²) in [6.07, 6.45) is 7.59. The molecule has 1 aromatic carbocycles. The molecule has 0 spiro atoms. The van der Waals surface area contributed by atoms with Crippen molar-refractivity contribution in [1.29, 1.82) is 0 Å². The van der Waals surface area contributed by atoms with E-state index >= 15 is 0 Å². The summed E-state index contributed by atoms with van der Waals surface area (Å²) in [6, 6.07) is 8.81. The minimum atomic E-state index is 0.0656. The van der Waals surface area contributed by atoms with Crippen LogP contribution < -0.4 is 4.74 Å². The van der Waals surface area contributed by atoms with Crippen LogP contribution >= 0.6 is 0 Å². The molecule has 1 aromatic rings. The fourth-order valence-corrected chi connectivity index (χ4v) is 3.28. The Morgan fingerprint density at radius 1 is 1.00 bits per heavy atom. The summed E-state index contributed by atoms with van der Waals surface area (Å²) in [5.41, 5.74) is 1.48. The lowest BCUT2D eigenvalue weighted by molar-refractivity contribution is -0.0120. The van der Waals surface area contributed by atoms with Crippen molar-refractivity contribution in [3.63, 3.8) is 0 Å². The highest BCUT2D eigenvalue weighted by molar-refractivity contribution is 5.29. The molecule has 2 rings (SSSR count). The molecular weight excluding hydrogens is 244 g/mol. The highest BCUT2D eigenvalue weighted by Gasteiger charge is 2.37. The third-order valence-corrected chi connectivity index (χ3v) is 5.13. The van der Waals surface area contributed by atoms with Crippen molar-refractivity contribution >= 4 is 0 Å². The van der Waals surface area contributed by atoms with Gasteiger partial charge in [0.15, 0.2) is 0 Å². The van der Waals surface area contributed by atoms with Crippen molar-refractivity contribution in [3.8, 4) is 5.75 Å². The van der Waals surface area contributed by atoms with Gasteiger partial charge in [0, 0.05) is 0 Å². The molecule has 0 aromatic heterocycles. The number of ether oxygens (including phenoxy) is 1. The van der Waals surface area contributed by atoms with Gasteiger partial charge < -0.3 is 4.74 Å². The highest BCUT2D eigenvalue weighted by Crippen LogP contribution is 2.38. The van der Waals surface area contributed by atoms with Gasteiger partial charge in [-0.25, -0.2) is 0 Å². The molecular formula is C19H30O. The maximum atomic E-state index is 6.47. The minimum absolute atomic E-state index is 0.0656. The first-order valence-electron chi connectivity index (χ1n) is 8.36. The van der Waals surface area contributed by atoms with Crippen LogP contribution in [0.3, 0.4) is 0 Å². The molecule has 0 aliphatic heterocycles. The highest BCUT2D eigenvalue weighted by atomic mass is 16.5. The number of benzene rings is 1. The summed E-state index contributed by atoms with van der Waals surface area (Å²) in [4.78, 5) is 0. The third kappa shape index (κ3) is 3.37. The summed E-state index contributed by atoms with van der Waals surface area (Å²) in [6.45, 7) is 9.13. The summed E-state index contributed by atoms with van der Waals surface area (Å²) in [7, 11) is 0. The first-order chi connectivity index (χ1) is 9.57. The van der Waals surface area contributed by atoms with E-state index in [0.717, 1.165) is 5.75 Å². The van der Waals surface area contributed by atoms with E-state index in [4.69, 9.17) is 4.74 Å². The molecule has 0 N–H and O–H groups in total. The monoisotopic (exact) mass is 274 g/mol. The lowest BCUT2D eigenvalue weighted by atomic mass is 9.77. The van der Waals surface area contributed by atoms with E-state index in [1.54, 1.807) is 0 Å². The van der Waals surface area contributed by atoms with Crippen LogP contribution in [0.15, 0.2) is 24.3 Å². The SMILES string of the molecule is CCC(C)c1ccc(OC2(C(C)C)CCCCC2)cc1. The Balaban J connectivity index is 2.11. The van der Waals surface area contributed by atoms with Crippen molar-refractivity contribution in [2.45, 2.75) is 77.7 Å². The van der Waals surface area contributed by atoms with Gasteiger partial charge >= 0.3 is 0 Å². The molecule has 1 atom stereocenters. The van der Waals surface area contributed by atoms with Crippen molar-refractivity contribution in [3.05, 3.63) is 29.8 Å². The maximum absolute atomic E-state index is 6.47. The van der Waals surface area contributed by atoms with Crippen molar-refractivity contribution in [1.82, 2.24) is 0 Å². The van der Waals surface area contributed by atoms with Crippen molar-refractivity contribution < 1.29 is 4.74 Å². The predicted octanol–water partition coefficient (Wildman–Crippen LogP) is 5.94. The standard InChI is InChI=1S/C19H30O/c1-5-16(4)17-9-11-18(12-10-17)20-19(15(2)3)13-7-6-8-14-19/h9-12,15-16H,5-8,13-14H2,1-4H3. The Morgan fingerprint density at radius 3 is 2.10 bits per heavy atom. The van der Waals surface area contributed by atoms with E-state index < -0.39 is 0 Å². The predicted molar refractivity (Wildman–Crippen MR) is 86.4 cm³/mol. The van der Waals surface area contributed by atoms with Gasteiger partial charge in [0.1, 0.15) is 11.4 Å². The first-order valence-corrected chi connectivity index (χ1v) is 8.36. The summed E-state index contributed by atoms with van der Waals surface area (Å²) in [5.74, 6) is 2.27. The molecule has 0 bridgehead atoms. The van der Waals surface area contributed by atoms with Gasteiger partial charge in [0.05, 0.1) is 0 Å². The summed E-state index contributed by atoms with van der Waals surface area (Å²) < 4.78 is 6.47. The number of rotatable bonds is 5. The first kappa shape index (κ1) is 15.4. The summed E-state index contributed by atoms with van der Waals surface area (Å²) >= 11 is 0. The topological polar surface area (TPSA) is 9.23 Å². The zero-order valence-electron chi connectivity index (χ0n) is 13.6. The van der Waals surface area contributed by atoms with Crippen molar-refractivity contribution in [2.75, 3.05) is 0 Å². The molecule has 0 radical (unpaired) electrons. The molecule has 0 amide bonds. The van der Waals surface area contributed by atoms with Gasteiger partial charge in [-0.05, 0) is 61.6 Å². The van der Waals surface area contributed by atoms with Crippen LogP contribution in [0.1, 0.15) is 77.7 Å². The van der Waals surface area contributed by atoms with Gasteiger partial charge in [0.25, 0.3) is 0 Å². The van der Waals surface area contributed by atoms with Crippen LogP contribution in [-0.2, 0) is 0 Å². The van der Waals surface area contributed by atoms with E-state index in [9.17, 15) is 0 Å². The molecule has 1 aliphatic carbocycles. The molecule has 20 heavy (non-hydrogen) atoms. The second-order valence-electron chi connectivity index (χ2n) is 6.76. The minimum Gasteiger partial charge on any atom is -0.487 e. The van der Waals surface area contributed by atoms with Gasteiger partial charge in [-0.3, -0.25) is 0 Å².